The summed E-state index contributed by atoms with van der Waals surface area (Å²) in [6.45, 7) is 3.37. The van der Waals surface area contributed by atoms with E-state index in [0.717, 1.165) is 18.4 Å². The molecule has 1 unspecified atom stereocenters. The lowest BCUT2D eigenvalue weighted by molar-refractivity contribution is -0.121. The number of hydrazone groups is 1. The topological polar surface area (TPSA) is 130 Å². The average molecular weight is 500 g/mol. The summed E-state index contributed by atoms with van der Waals surface area (Å²) in [4.78, 5) is 23.8. The summed E-state index contributed by atoms with van der Waals surface area (Å²) >= 11 is 12.6. The second kappa shape index (κ2) is 12.0. The maximum absolute atomic E-state index is 12.2. The smallest absolute Gasteiger partial charge is 0.414 e. The fourth-order valence-corrected chi connectivity index (χ4v) is 3.92. The van der Waals surface area contributed by atoms with Crippen LogP contribution in [0.2, 0.25) is 10.0 Å². The van der Waals surface area contributed by atoms with E-state index < -0.39 is 23.1 Å². The minimum Gasteiger partial charge on any atom is -0.465 e. The number of amides is 2. The number of carboxylic acid groups (broad SMARTS) is 1. The number of imide groups is 1. The molecule has 176 valence electrons. The molecule has 0 saturated heterocycles. The molecular formula is C24H23Cl2N5O3. The summed E-state index contributed by atoms with van der Waals surface area (Å²) in [5.41, 5.74) is 2.65. The van der Waals surface area contributed by atoms with Crippen LogP contribution in [0.25, 0.3) is 0 Å². The summed E-state index contributed by atoms with van der Waals surface area (Å²) in [6.07, 6.45) is 0.743. The highest BCUT2D eigenvalue weighted by molar-refractivity contribution is 6.46. The highest BCUT2D eigenvalue weighted by Crippen LogP contribution is 2.41. The highest BCUT2D eigenvalue weighted by atomic mass is 35.5. The van der Waals surface area contributed by atoms with E-state index in [1.54, 1.807) is 42.5 Å². The van der Waals surface area contributed by atoms with E-state index in [4.69, 9.17) is 28.3 Å². The van der Waals surface area contributed by atoms with Gasteiger partial charge >= 0.3 is 6.09 Å². The molecule has 0 aliphatic heterocycles. The number of anilines is 1. The van der Waals surface area contributed by atoms with Gasteiger partial charge in [-0.1, -0.05) is 61.2 Å². The average Bonchev–Trinajstić information content (AvgIpc) is 2.82. The van der Waals surface area contributed by atoms with Gasteiger partial charge in [0, 0.05) is 16.6 Å². The third-order valence-electron chi connectivity index (χ3n) is 5.26. The van der Waals surface area contributed by atoms with Gasteiger partial charge in [-0.3, -0.25) is 10.2 Å². The molecule has 0 bridgehead atoms. The fourth-order valence-electron chi connectivity index (χ4n) is 3.46. The van der Waals surface area contributed by atoms with Gasteiger partial charge in [0.1, 0.15) is 11.5 Å². The Kier molecular flexibility index (Phi) is 9.44. The predicted octanol–water partition coefficient (Wildman–Crippen LogP) is 5.81. The number of nitrogens with one attached hydrogen (secondary N) is 1. The maximum atomic E-state index is 12.2. The largest absolute Gasteiger partial charge is 0.465 e. The molecule has 0 aliphatic carbocycles. The summed E-state index contributed by atoms with van der Waals surface area (Å²) in [6, 6.07) is 15.9. The molecule has 0 saturated carbocycles. The van der Waals surface area contributed by atoms with Crippen LogP contribution in [0.1, 0.15) is 44.2 Å². The number of carbonyl (C=O) groups is 2. The minimum atomic E-state index is -1.48. The zero-order valence-corrected chi connectivity index (χ0v) is 20.2. The van der Waals surface area contributed by atoms with E-state index in [1.807, 2.05) is 6.92 Å². The van der Waals surface area contributed by atoms with Crippen molar-refractivity contribution in [3.63, 3.8) is 0 Å². The van der Waals surface area contributed by atoms with Crippen LogP contribution in [-0.4, -0.2) is 34.3 Å². The number of unbranched alkanes of at least 4 members (excludes halogenated alkanes) is 1. The first-order chi connectivity index (χ1) is 16.2. The van der Waals surface area contributed by atoms with Gasteiger partial charge in [0.2, 0.25) is 5.71 Å². The molecule has 0 aromatic heterocycles. The van der Waals surface area contributed by atoms with Gasteiger partial charge in [-0.05, 0) is 48.7 Å². The molecule has 2 aromatic rings. The number of nitrogens with zero attached hydrogens (tertiary/aromatic N) is 4. The molecule has 2 aromatic carbocycles. The van der Waals surface area contributed by atoms with Gasteiger partial charge in [0.05, 0.1) is 11.8 Å². The normalized spacial score (nSPS) is 12.7. The van der Waals surface area contributed by atoms with Gasteiger partial charge in [-0.15, -0.1) is 0 Å². The molecule has 0 aliphatic rings. The predicted molar refractivity (Wildman–Crippen MR) is 131 cm³/mol. The van der Waals surface area contributed by atoms with Crippen LogP contribution in [0.4, 0.5) is 10.5 Å². The number of nitriles is 2. The minimum absolute atomic E-state index is 0.131. The van der Waals surface area contributed by atoms with Gasteiger partial charge in [0.25, 0.3) is 5.91 Å². The van der Waals surface area contributed by atoms with Crippen molar-refractivity contribution >= 4 is 46.6 Å². The van der Waals surface area contributed by atoms with Crippen molar-refractivity contribution in [2.45, 2.75) is 38.5 Å². The fraction of sp³-hybridized carbons (Fsp3) is 0.292. The maximum Gasteiger partial charge on any atom is 0.414 e. The molecule has 2 rings (SSSR count). The van der Waals surface area contributed by atoms with E-state index in [0.29, 0.717) is 32.6 Å². The Labute approximate surface area is 208 Å². The van der Waals surface area contributed by atoms with Crippen molar-refractivity contribution in [2.24, 2.45) is 5.10 Å². The van der Waals surface area contributed by atoms with Crippen molar-refractivity contribution in [3.05, 3.63) is 63.6 Å². The third-order valence-corrected chi connectivity index (χ3v) is 5.82. The Morgan fingerprint density at radius 3 is 2.32 bits per heavy atom. The molecule has 0 fully saturated rings. The zero-order chi connectivity index (χ0) is 25.3. The van der Waals surface area contributed by atoms with Crippen LogP contribution < -0.4 is 5.43 Å². The molecular weight excluding hydrogens is 477 g/mol. The van der Waals surface area contributed by atoms with E-state index in [9.17, 15) is 20.1 Å². The van der Waals surface area contributed by atoms with Crippen molar-refractivity contribution < 1.29 is 14.7 Å². The summed E-state index contributed by atoms with van der Waals surface area (Å²) < 4.78 is 0. The highest BCUT2D eigenvalue weighted by Gasteiger charge is 2.36. The molecule has 2 amide bonds. The Bertz CT molecular complexity index is 1170. The number of hydrogen-bond donors (Lipinski definition) is 2. The van der Waals surface area contributed by atoms with Crippen LogP contribution in [0, 0.1) is 22.7 Å². The van der Waals surface area contributed by atoms with Gasteiger partial charge in [-0.2, -0.15) is 15.6 Å². The molecule has 8 nitrogen and oxygen atoms in total. The van der Waals surface area contributed by atoms with Gasteiger partial charge in [-0.25, -0.2) is 9.69 Å². The molecule has 1 atom stereocenters. The number of rotatable bonds is 9. The van der Waals surface area contributed by atoms with E-state index in [2.05, 4.69) is 16.6 Å². The zero-order valence-electron chi connectivity index (χ0n) is 18.7. The first kappa shape index (κ1) is 26.7. The van der Waals surface area contributed by atoms with Crippen molar-refractivity contribution in [2.75, 3.05) is 12.0 Å². The van der Waals surface area contributed by atoms with Gasteiger partial charge in [0.15, 0.2) is 0 Å². The Balaban J connectivity index is 2.43. The Morgan fingerprint density at radius 1 is 1.15 bits per heavy atom. The van der Waals surface area contributed by atoms with Crippen LogP contribution in [-0.2, 0) is 10.2 Å². The second-order valence-corrected chi connectivity index (χ2v) is 8.18. The standard InChI is InChI=1S/C24H23Cl2N5O3/c1-3-5-12-24(15-28,16-6-8-17(25)9-7-16)19-11-10-18(13-20(19)26)29-30-21(14-27)22(32)31(4-2)23(33)34/h6-11,13,29H,3-5,12H2,1-2H3,(H,33,34). The lowest BCUT2D eigenvalue weighted by Crippen LogP contribution is -2.40. The second-order valence-electron chi connectivity index (χ2n) is 7.34. The van der Waals surface area contributed by atoms with Crippen LogP contribution in [0.5, 0.6) is 0 Å². The summed E-state index contributed by atoms with van der Waals surface area (Å²) in [5.74, 6) is -1.04. The van der Waals surface area contributed by atoms with E-state index in [1.165, 1.54) is 13.0 Å². The lowest BCUT2D eigenvalue weighted by Gasteiger charge is -2.29. The quantitative estimate of drug-likeness (QED) is 0.330. The van der Waals surface area contributed by atoms with E-state index >= 15 is 0 Å². The molecule has 10 heteroatoms. The monoisotopic (exact) mass is 499 g/mol. The number of carbonyl (C=O) groups excluding carboxylic acids is 1. The lowest BCUT2D eigenvalue weighted by atomic mass is 9.72. The van der Waals surface area contributed by atoms with Crippen LogP contribution in [0.3, 0.4) is 0 Å². The van der Waals surface area contributed by atoms with Gasteiger partial charge < -0.3 is 5.11 Å². The third kappa shape index (κ3) is 5.85. The molecule has 0 heterocycles. The van der Waals surface area contributed by atoms with Crippen molar-refractivity contribution in [1.29, 1.82) is 10.5 Å². The SMILES string of the molecule is CCCCC(C#N)(c1ccc(Cl)cc1)c1ccc(NN=C(C#N)C(=O)N(CC)C(=O)O)cc1Cl. The van der Waals surface area contributed by atoms with Crippen molar-refractivity contribution in [3.8, 4) is 12.1 Å². The molecule has 0 spiro atoms. The van der Waals surface area contributed by atoms with E-state index in [-0.39, 0.29) is 6.54 Å². The van der Waals surface area contributed by atoms with Crippen LogP contribution >= 0.6 is 23.2 Å². The number of halogens is 2. The first-order valence-corrected chi connectivity index (χ1v) is 11.3. The first-order valence-electron chi connectivity index (χ1n) is 10.5. The Hall–Kier alpha value is -3.59. The Morgan fingerprint density at radius 2 is 1.82 bits per heavy atom. The summed E-state index contributed by atoms with van der Waals surface area (Å²) in [5, 5.41) is 33.2. The summed E-state index contributed by atoms with van der Waals surface area (Å²) in [7, 11) is 0. The molecule has 0 radical (unpaired) electrons. The van der Waals surface area contributed by atoms with Crippen LogP contribution in [0.15, 0.2) is 47.6 Å². The number of hydrogen-bond acceptors (Lipinski definition) is 6. The van der Waals surface area contributed by atoms with Crippen molar-refractivity contribution in [1.82, 2.24) is 4.90 Å². The molecule has 2 N–H and O–H groups in total. The number of benzene rings is 2. The molecule has 34 heavy (non-hydrogen) atoms.